The normalized spacial score (nSPS) is 10.2. The molecule has 0 atom stereocenters. The summed E-state index contributed by atoms with van der Waals surface area (Å²) in [7, 11) is 0. The molecule has 0 rings (SSSR count). The minimum absolute atomic E-state index is 0.188. The second kappa shape index (κ2) is 6.20. The molecule has 2 nitrogen and oxygen atoms in total. The fraction of sp³-hybridized carbons (Fsp3) is 0.889. The summed E-state index contributed by atoms with van der Waals surface area (Å²) >= 11 is 0. The van der Waals surface area contributed by atoms with Crippen LogP contribution in [0.3, 0.4) is 0 Å². The highest BCUT2D eigenvalue weighted by molar-refractivity contribution is 5.75. The van der Waals surface area contributed by atoms with Crippen molar-refractivity contribution in [1.82, 2.24) is 5.32 Å². The average molecular weight is 157 g/mol. The van der Waals surface area contributed by atoms with Gasteiger partial charge in [0.15, 0.2) is 0 Å². The van der Waals surface area contributed by atoms with Crippen LogP contribution in [0.1, 0.15) is 40.0 Å². The fourth-order valence-electron chi connectivity index (χ4n) is 0.956. The molecule has 0 aliphatic carbocycles. The maximum atomic E-state index is 10.9. The molecular formula is C9H19NO. The van der Waals surface area contributed by atoms with Crippen LogP contribution < -0.4 is 5.32 Å². The Bertz CT molecular complexity index is 110. The standard InChI is InChI=1S/C9H19NO/c1-4-10-9(11)7-5-6-8(2)3/h8H,4-7H2,1-3H3,(H,10,11). The first-order valence-electron chi connectivity index (χ1n) is 4.43. The van der Waals surface area contributed by atoms with Gasteiger partial charge in [-0.2, -0.15) is 0 Å². The van der Waals surface area contributed by atoms with Crippen molar-refractivity contribution in [2.24, 2.45) is 5.92 Å². The van der Waals surface area contributed by atoms with Crippen molar-refractivity contribution in [3.05, 3.63) is 0 Å². The Hall–Kier alpha value is -0.530. The molecule has 0 radical (unpaired) electrons. The number of hydrogen-bond acceptors (Lipinski definition) is 1. The highest BCUT2D eigenvalue weighted by Crippen LogP contribution is 2.05. The summed E-state index contributed by atoms with van der Waals surface area (Å²) in [6, 6.07) is 0. The number of rotatable bonds is 5. The van der Waals surface area contributed by atoms with Crippen LogP contribution in [0.25, 0.3) is 0 Å². The van der Waals surface area contributed by atoms with Crippen molar-refractivity contribution in [2.45, 2.75) is 40.0 Å². The zero-order valence-corrected chi connectivity index (χ0v) is 7.81. The van der Waals surface area contributed by atoms with E-state index in [1.165, 1.54) is 0 Å². The average Bonchev–Trinajstić information content (AvgIpc) is 1.87. The van der Waals surface area contributed by atoms with Crippen LogP contribution in [0.2, 0.25) is 0 Å². The minimum atomic E-state index is 0.188. The SMILES string of the molecule is CCNC(=O)CCCC(C)C. The molecular weight excluding hydrogens is 138 g/mol. The molecule has 1 amide bonds. The Kier molecular flexibility index (Phi) is 5.90. The van der Waals surface area contributed by atoms with Gasteiger partial charge in [-0.25, -0.2) is 0 Å². The lowest BCUT2D eigenvalue weighted by atomic mass is 10.1. The third kappa shape index (κ3) is 7.37. The zero-order chi connectivity index (χ0) is 8.69. The number of carbonyl (C=O) groups is 1. The number of carbonyl (C=O) groups excluding carboxylic acids is 1. The molecule has 0 aromatic carbocycles. The van der Waals surface area contributed by atoms with E-state index in [-0.39, 0.29) is 5.91 Å². The van der Waals surface area contributed by atoms with Crippen LogP contribution in [0.15, 0.2) is 0 Å². The van der Waals surface area contributed by atoms with Gasteiger partial charge in [0.05, 0.1) is 0 Å². The molecule has 0 unspecified atom stereocenters. The summed E-state index contributed by atoms with van der Waals surface area (Å²) in [5.41, 5.74) is 0. The van der Waals surface area contributed by atoms with Gasteiger partial charge in [0.2, 0.25) is 5.91 Å². The predicted molar refractivity (Wildman–Crippen MR) is 47.4 cm³/mol. The molecule has 0 heterocycles. The van der Waals surface area contributed by atoms with Gasteiger partial charge in [-0.1, -0.05) is 20.3 Å². The monoisotopic (exact) mass is 157 g/mol. The van der Waals surface area contributed by atoms with Crippen LogP contribution in [0, 0.1) is 5.92 Å². The van der Waals surface area contributed by atoms with E-state index in [0.717, 1.165) is 19.4 Å². The van der Waals surface area contributed by atoms with Crippen molar-refractivity contribution in [3.63, 3.8) is 0 Å². The Morgan fingerprint density at radius 3 is 2.55 bits per heavy atom. The van der Waals surface area contributed by atoms with Crippen molar-refractivity contribution in [3.8, 4) is 0 Å². The molecule has 1 N–H and O–H groups in total. The molecule has 0 saturated carbocycles. The maximum Gasteiger partial charge on any atom is 0.219 e. The highest BCUT2D eigenvalue weighted by Gasteiger charge is 1.99. The molecule has 0 aliphatic rings. The molecule has 0 saturated heterocycles. The van der Waals surface area contributed by atoms with Gasteiger partial charge in [0, 0.05) is 13.0 Å². The first-order chi connectivity index (χ1) is 5.16. The topological polar surface area (TPSA) is 29.1 Å². The van der Waals surface area contributed by atoms with Gasteiger partial charge in [0.25, 0.3) is 0 Å². The lowest BCUT2D eigenvalue weighted by molar-refractivity contribution is -0.121. The molecule has 2 heteroatoms. The number of amides is 1. The van der Waals surface area contributed by atoms with Gasteiger partial charge in [-0.15, -0.1) is 0 Å². The van der Waals surface area contributed by atoms with Gasteiger partial charge < -0.3 is 5.32 Å². The van der Waals surface area contributed by atoms with E-state index in [1.807, 2.05) is 6.92 Å². The summed E-state index contributed by atoms with van der Waals surface area (Å²) < 4.78 is 0. The van der Waals surface area contributed by atoms with E-state index < -0.39 is 0 Å². The van der Waals surface area contributed by atoms with Crippen molar-refractivity contribution in [1.29, 1.82) is 0 Å². The summed E-state index contributed by atoms with van der Waals surface area (Å²) in [5, 5.41) is 2.78. The third-order valence-corrected chi connectivity index (χ3v) is 1.56. The van der Waals surface area contributed by atoms with Crippen LogP contribution in [-0.4, -0.2) is 12.5 Å². The second-order valence-corrected chi connectivity index (χ2v) is 3.24. The Morgan fingerprint density at radius 1 is 1.45 bits per heavy atom. The Morgan fingerprint density at radius 2 is 2.09 bits per heavy atom. The van der Waals surface area contributed by atoms with Crippen LogP contribution in [-0.2, 0) is 4.79 Å². The van der Waals surface area contributed by atoms with E-state index in [2.05, 4.69) is 19.2 Å². The van der Waals surface area contributed by atoms with Gasteiger partial charge in [0.1, 0.15) is 0 Å². The van der Waals surface area contributed by atoms with Crippen LogP contribution in [0.5, 0.6) is 0 Å². The lowest BCUT2D eigenvalue weighted by Gasteiger charge is -2.03. The lowest BCUT2D eigenvalue weighted by Crippen LogP contribution is -2.22. The third-order valence-electron chi connectivity index (χ3n) is 1.56. The number of hydrogen-bond donors (Lipinski definition) is 1. The van der Waals surface area contributed by atoms with Gasteiger partial charge in [-0.05, 0) is 19.3 Å². The Balaban J connectivity index is 3.17. The van der Waals surface area contributed by atoms with E-state index in [1.54, 1.807) is 0 Å². The largest absolute Gasteiger partial charge is 0.356 e. The quantitative estimate of drug-likeness (QED) is 0.649. The second-order valence-electron chi connectivity index (χ2n) is 3.24. The van der Waals surface area contributed by atoms with Crippen molar-refractivity contribution >= 4 is 5.91 Å². The molecule has 11 heavy (non-hydrogen) atoms. The smallest absolute Gasteiger partial charge is 0.219 e. The zero-order valence-electron chi connectivity index (χ0n) is 7.81. The van der Waals surface area contributed by atoms with Gasteiger partial charge in [-0.3, -0.25) is 4.79 Å². The van der Waals surface area contributed by atoms with Gasteiger partial charge >= 0.3 is 0 Å². The molecule has 0 fully saturated rings. The molecule has 0 aliphatic heterocycles. The number of nitrogens with one attached hydrogen (secondary N) is 1. The molecule has 0 aromatic heterocycles. The summed E-state index contributed by atoms with van der Waals surface area (Å²) in [4.78, 5) is 10.9. The predicted octanol–water partition coefficient (Wildman–Crippen LogP) is 1.95. The van der Waals surface area contributed by atoms with Crippen molar-refractivity contribution in [2.75, 3.05) is 6.54 Å². The van der Waals surface area contributed by atoms with E-state index in [4.69, 9.17) is 0 Å². The molecule has 0 spiro atoms. The Labute approximate surface area is 69.4 Å². The molecule has 0 bridgehead atoms. The molecule has 0 aromatic rings. The summed E-state index contributed by atoms with van der Waals surface area (Å²) in [6.07, 6.45) is 2.85. The first-order valence-corrected chi connectivity index (χ1v) is 4.43. The van der Waals surface area contributed by atoms with E-state index >= 15 is 0 Å². The van der Waals surface area contributed by atoms with Crippen LogP contribution in [0.4, 0.5) is 0 Å². The summed E-state index contributed by atoms with van der Waals surface area (Å²) in [5.74, 6) is 0.901. The minimum Gasteiger partial charge on any atom is -0.356 e. The summed E-state index contributed by atoms with van der Waals surface area (Å²) in [6.45, 7) is 7.05. The van der Waals surface area contributed by atoms with Crippen LogP contribution >= 0.6 is 0 Å². The fourth-order valence-corrected chi connectivity index (χ4v) is 0.956. The maximum absolute atomic E-state index is 10.9. The molecule has 66 valence electrons. The first kappa shape index (κ1) is 10.5. The highest BCUT2D eigenvalue weighted by atomic mass is 16.1. The van der Waals surface area contributed by atoms with Crippen molar-refractivity contribution < 1.29 is 4.79 Å². The van der Waals surface area contributed by atoms with E-state index in [9.17, 15) is 4.79 Å². The van der Waals surface area contributed by atoms with E-state index in [0.29, 0.717) is 12.3 Å².